The summed E-state index contributed by atoms with van der Waals surface area (Å²) in [5, 5.41) is -0.558. The maximum atomic E-state index is 13.2. The number of sulfone groups is 1. The summed E-state index contributed by atoms with van der Waals surface area (Å²) in [6, 6.07) is 6.30. The summed E-state index contributed by atoms with van der Waals surface area (Å²) in [6.45, 7) is 19.5. The Hall–Kier alpha value is -3.23. The Morgan fingerprint density at radius 1 is 0.923 bits per heavy atom. The van der Waals surface area contributed by atoms with Crippen LogP contribution in [0.5, 0.6) is 0 Å². The van der Waals surface area contributed by atoms with Crippen LogP contribution in [-0.4, -0.2) is 55.1 Å². The normalized spacial score (nSPS) is 12.4. The minimum Gasteiger partial charge on any atom is -0.443 e. The van der Waals surface area contributed by atoms with E-state index in [0.29, 0.717) is 16.2 Å². The average Bonchev–Trinajstić information content (AvgIpc) is 2.75. The first-order valence-corrected chi connectivity index (χ1v) is 17.7. The third-order valence-corrected chi connectivity index (χ3v) is 7.82. The number of ether oxygens (including phenoxy) is 2. The van der Waals surface area contributed by atoms with Gasteiger partial charge >= 0.3 is 12.2 Å². The summed E-state index contributed by atoms with van der Waals surface area (Å²) in [5.41, 5.74) is 2.48. The van der Waals surface area contributed by atoms with Crippen LogP contribution in [0.3, 0.4) is 0 Å². The molecule has 1 heterocycles. The van der Waals surface area contributed by atoms with E-state index in [1.807, 2.05) is 19.6 Å². The first-order chi connectivity index (χ1) is 17.6. The molecular formula is C28H39N3O6SSi. The number of anilines is 1. The highest BCUT2D eigenvalue weighted by molar-refractivity contribution is 7.92. The second-order valence-electron chi connectivity index (χ2n) is 12.3. The molecule has 2 rings (SSSR count). The standard InChI is InChI=1S/C28H39N3O6SSi/c1-19(2)38(34,35)21-14-12-20(13-15-21)23-18-29-24(22(30-23)16-17-39(9,10)11)31(25(32)36-27(3,4)5)26(33)37-28(6,7)8/h12-15,18-19H,1-11H3. The molecule has 0 spiro atoms. The van der Waals surface area contributed by atoms with Gasteiger partial charge in [-0.3, -0.25) is 0 Å². The van der Waals surface area contributed by atoms with E-state index in [1.165, 1.54) is 18.3 Å². The third kappa shape index (κ3) is 9.18. The van der Waals surface area contributed by atoms with Gasteiger partial charge in [0, 0.05) is 5.56 Å². The molecule has 39 heavy (non-hydrogen) atoms. The molecule has 0 aliphatic rings. The molecule has 0 fully saturated rings. The van der Waals surface area contributed by atoms with E-state index < -0.39 is 46.5 Å². The first-order valence-electron chi connectivity index (χ1n) is 12.6. The van der Waals surface area contributed by atoms with Crippen LogP contribution in [0.25, 0.3) is 11.3 Å². The molecule has 0 radical (unpaired) electrons. The molecule has 9 nitrogen and oxygen atoms in total. The van der Waals surface area contributed by atoms with Gasteiger partial charge in [0.1, 0.15) is 19.3 Å². The SMILES string of the molecule is CC(C)S(=O)(=O)c1ccc(-c2cnc(N(C(=O)OC(C)(C)C)C(=O)OC(C)(C)C)c(C#C[Si](C)(C)C)n2)cc1. The molecule has 2 aromatic rings. The van der Waals surface area contributed by atoms with Crippen molar-refractivity contribution in [3.8, 4) is 22.7 Å². The van der Waals surface area contributed by atoms with Crippen LogP contribution in [-0.2, 0) is 19.3 Å². The zero-order chi connectivity index (χ0) is 30.0. The van der Waals surface area contributed by atoms with E-state index in [1.54, 1.807) is 67.5 Å². The molecule has 0 atom stereocenters. The maximum Gasteiger partial charge on any atom is 0.425 e. The zero-order valence-corrected chi connectivity index (χ0v) is 26.5. The van der Waals surface area contributed by atoms with Gasteiger partial charge in [-0.05, 0) is 67.5 Å². The lowest BCUT2D eigenvalue weighted by atomic mass is 10.1. The Balaban J connectivity index is 2.72. The Bertz CT molecular complexity index is 1360. The largest absolute Gasteiger partial charge is 0.443 e. The minimum absolute atomic E-state index is 0.0884. The second kappa shape index (κ2) is 11.5. The number of rotatable bonds is 4. The first kappa shape index (κ1) is 32.0. The van der Waals surface area contributed by atoms with Crippen LogP contribution < -0.4 is 4.90 Å². The van der Waals surface area contributed by atoms with E-state index >= 15 is 0 Å². The summed E-state index contributed by atoms with van der Waals surface area (Å²) < 4.78 is 36.0. The highest BCUT2D eigenvalue weighted by Gasteiger charge is 2.35. The number of carbonyl (C=O) groups excluding carboxylic acids is 2. The fourth-order valence-corrected chi connectivity index (χ4v) is 4.52. The van der Waals surface area contributed by atoms with Gasteiger partial charge in [0.15, 0.2) is 21.3 Å². The number of hydrogen-bond acceptors (Lipinski definition) is 8. The van der Waals surface area contributed by atoms with Gasteiger partial charge in [0.25, 0.3) is 0 Å². The highest BCUT2D eigenvalue weighted by Crippen LogP contribution is 2.27. The topological polar surface area (TPSA) is 116 Å². The van der Waals surface area contributed by atoms with Crippen LogP contribution in [0, 0.1) is 11.5 Å². The quantitative estimate of drug-likeness (QED) is 0.312. The highest BCUT2D eigenvalue weighted by atomic mass is 32.2. The number of benzene rings is 1. The summed E-state index contributed by atoms with van der Waals surface area (Å²) in [5.74, 6) is 2.90. The predicted octanol–water partition coefficient (Wildman–Crippen LogP) is 6.23. The lowest BCUT2D eigenvalue weighted by molar-refractivity contribution is 0.0428. The van der Waals surface area contributed by atoms with E-state index in [2.05, 4.69) is 21.4 Å². The number of imide groups is 1. The number of aromatic nitrogens is 2. The summed E-state index contributed by atoms with van der Waals surface area (Å²) in [6.07, 6.45) is -0.556. The Morgan fingerprint density at radius 3 is 1.82 bits per heavy atom. The number of carbonyl (C=O) groups is 2. The summed E-state index contributed by atoms with van der Waals surface area (Å²) >= 11 is 0. The fraction of sp³-hybridized carbons (Fsp3) is 0.500. The van der Waals surface area contributed by atoms with Crippen molar-refractivity contribution in [3.63, 3.8) is 0 Å². The zero-order valence-electron chi connectivity index (χ0n) is 24.7. The lowest BCUT2D eigenvalue weighted by Crippen LogP contribution is -2.44. The van der Waals surface area contributed by atoms with Crippen LogP contribution in [0.2, 0.25) is 19.6 Å². The molecule has 0 aliphatic carbocycles. The molecule has 0 bridgehead atoms. The van der Waals surface area contributed by atoms with Crippen molar-refractivity contribution in [2.45, 2.75) is 96.4 Å². The summed E-state index contributed by atoms with van der Waals surface area (Å²) in [4.78, 5) is 36.4. The Labute approximate surface area is 233 Å². The van der Waals surface area contributed by atoms with Gasteiger partial charge in [-0.25, -0.2) is 28.0 Å². The molecule has 0 N–H and O–H groups in total. The molecule has 1 aromatic heterocycles. The molecule has 11 heteroatoms. The average molecular weight is 574 g/mol. The number of hydrogen-bond donors (Lipinski definition) is 0. The number of nitrogens with zero attached hydrogens (tertiary/aromatic N) is 3. The van der Waals surface area contributed by atoms with Gasteiger partial charge in [0.2, 0.25) is 0 Å². The molecule has 0 unspecified atom stereocenters. The monoisotopic (exact) mass is 573 g/mol. The van der Waals surface area contributed by atoms with Gasteiger partial charge < -0.3 is 9.47 Å². The molecule has 0 saturated heterocycles. The van der Waals surface area contributed by atoms with Crippen molar-refractivity contribution in [2.75, 3.05) is 4.90 Å². The molecule has 0 saturated carbocycles. The van der Waals surface area contributed by atoms with Crippen molar-refractivity contribution < 1.29 is 27.5 Å². The van der Waals surface area contributed by atoms with Crippen LogP contribution >= 0.6 is 0 Å². The number of amides is 2. The van der Waals surface area contributed by atoms with Gasteiger partial charge in [-0.1, -0.05) is 37.7 Å². The summed E-state index contributed by atoms with van der Waals surface area (Å²) in [7, 11) is -5.35. The van der Waals surface area contributed by atoms with Gasteiger partial charge in [0.05, 0.1) is 22.0 Å². The Morgan fingerprint density at radius 2 is 1.41 bits per heavy atom. The Kier molecular flexibility index (Phi) is 9.41. The van der Waals surface area contributed by atoms with Crippen LogP contribution in [0.4, 0.5) is 15.4 Å². The molecule has 212 valence electrons. The smallest absolute Gasteiger partial charge is 0.425 e. The minimum atomic E-state index is -3.44. The molecule has 0 aliphatic heterocycles. The van der Waals surface area contributed by atoms with E-state index in [4.69, 9.17) is 9.47 Å². The lowest BCUT2D eigenvalue weighted by Gasteiger charge is -2.28. The van der Waals surface area contributed by atoms with Gasteiger partial charge in [-0.15, -0.1) is 5.54 Å². The van der Waals surface area contributed by atoms with Gasteiger partial charge in [-0.2, -0.15) is 4.90 Å². The van der Waals surface area contributed by atoms with Crippen LogP contribution in [0.1, 0.15) is 61.1 Å². The molecule has 2 amide bonds. The van der Waals surface area contributed by atoms with E-state index in [9.17, 15) is 18.0 Å². The van der Waals surface area contributed by atoms with E-state index in [0.717, 1.165) is 0 Å². The third-order valence-electron chi connectivity index (χ3n) is 4.77. The van der Waals surface area contributed by atoms with Crippen molar-refractivity contribution >= 4 is 35.9 Å². The van der Waals surface area contributed by atoms with E-state index in [-0.39, 0.29) is 16.4 Å². The fourth-order valence-electron chi connectivity index (χ4n) is 2.97. The van der Waals surface area contributed by atoms with Crippen molar-refractivity contribution in [2.24, 2.45) is 0 Å². The maximum absolute atomic E-state index is 13.2. The second-order valence-corrected chi connectivity index (χ2v) is 19.6. The van der Waals surface area contributed by atoms with Crippen molar-refractivity contribution in [3.05, 3.63) is 36.2 Å². The van der Waals surface area contributed by atoms with Crippen molar-refractivity contribution in [1.82, 2.24) is 9.97 Å². The molecular weight excluding hydrogens is 534 g/mol. The van der Waals surface area contributed by atoms with Crippen LogP contribution in [0.15, 0.2) is 35.4 Å². The molecule has 1 aromatic carbocycles. The predicted molar refractivity (Wildman–Crippen MR) is 155 cm³/mol. The van der Waals surface area contributed by atoms with Crippen molar-refractivity contribution in [1.29, 1.82) is 0 Å².